The molecule has 0 aliphatic rings. The highest BCUT2D eigenvalue weighted by atomic mass is 35.5. The SMILES string of the molecule is Nc1ccc(Cl)c(NC(=O)/C=C/c2ccc(F)cc2)c1. The quantitative estimate of drug-likeness (QED) is 0.669. The normalized spacial score (nSPS) is 10.7. The number of hydrogen-bond donors (Lipinski definition) is 2. The maximum Gasteiger partial charge on any atom is 0.248 e. The van der Waals surface area contributed by atoms with E-state index in [0.717, 1.165) is 5.56 Å². The van der Waals surface area contributed by atoms with Gasteiger partial charge in [0.05, 0.1) is 10.7 Å². The number of benzene rings is 2. The zero-order valence-corrected chi connectivity index (χ0v) is 11.2. The minimum absolute atomic E-state index is 0.321. The van der Waals surface area contributed by atoms with Gasteiger partial charge in [-0.1, -0.05) is 23.7 Å². The van der Waals surface area contributed by atoms with Gasteiger partial charge in [-0.3, -0.25) is 4.79 Å². The first-order valence-corrected chi connectivity index (χ1v) is 6.22. The Morgan fingerprint density at radius 3 is 2.60 bits per heavy atom. The van der Waals surface area contributed by atoms with Crippen LogP contribution in [0.2, 0.25) is 5.02 Å². The maximum absolute atomic E-state index is 12.7. The van der Waals surface area contributed by atoms with Crippen molar-refractivity contribution in [3.8, 4) is 0 Å². The number of nitrogen functional groups attached to an aromatic ring is 1. The molecule has 20 heavy (non-hydrogen) atoms. The Morgan fingerprint density at radius 2 is 1.90 bits per heavy atom. The topological polar surface area (TPSA) is 55.1 Å². The van der Waals surface area contributed by atoms with Gasteiger partial charge in [0.1, 0.15) is 5.82 Å². The van der Waals surface area contributed by atoms with Crippen molar-refractivity contribution in [2.45, 2.75) is 0 Å². The average Bonchev–Trinajstić information content (AvgIpc) is 2.42. The van der Waals surface area contributed by atoms with Crippen LogP contribution in [0.15, 0.2) is 48.5 Å². The van der Waals surface area contributed by atoms with E-state index in [4.69, 9.17) is 17.3 Å². The molecule has 0 bridgehead atoms. The Hall–Kier alpha value is -2.33. The highest BCUT2D eigenvalue weighted by molar-refractivity contribution is 6.34. The predicted molar refractivity (Wildman–Crippen MR) is 79.9 cm³/mol. The van der Waals surface area contributed by atoms with E-state index in [1.165, 1.54) is 18.2 Å². The number of carbonyl (C=O) groups is 1. The molecule has 1 amide bonds. The summed E-state index contributed by atoms with van der Waals surface area (Å²) >= 11 is 5.94. The van der Waals surface area contributed by atoms with Crippen molar-refractivity contribution in [2.24, 2.45) is 0 Å². The van der Waals surface area contributed by atoms with Crippen molar-refractivity contribution in [1.82, 2.24) is 0 Å². The lowest BCUT2D eigenvalue weighted by Gasteiger charge is -2.05. The number of halogens is 2. The molecule has 0 atom stereocenters. The summed E-state index contributed by atoms with van der Waals surface area (Å²) in [5.74, 6) is -0.667. The predicted octanol–water partition coefficient (Wildman–Crippen LogP) is 3.71. The number of rotatable bonds is 3. The van der Waals surface area contributed by atoms with Gasteiger partial charge in [-0.25, -0.2) is 4.39 Å². The molecular formula is C15H12ClFN2O. The molecule has 2 aromatic rings. The first-order chi connectivity index (χ1) is 9.54. The second-order valence-electron chi connectivity index (χ2n) is 4.11. The van der Waals surface area contributed by atoms with E-state index in [1.807, 2.05) is 0 Å². The number of amides is 1. The van der Waals surface area contributed by atoms with Gasteiger partial charge in [0, 0.05) is 11.8 Å². The molecule has 102 valence electrons. The van der Waals surface area contributed by atoms with Crippen molar-refractivity contribution in [3.63, 3.8) is 0 Å². The summed E-state index contributed by atoms with van der Waals surface area (Å²) in [5, 5.41) is 3.03. The summed E-state index contributed by atoms with van der Waals surface area (Å²) in [4.78, 5) is 11.7. The molecule has 0 unspecified atom stereocenters. The summed E-state index contributed by atoms with van der Waals surface area (Å²) in [6.45, 7) is 0. The fraction of sp³-hybridized carbons (Fsp3) is 0. The summed E-state index contributed by atoms with van der Waals surface area (Å²) < 4.78 is 12.7. The third-order valence-corrected chi connectivity index (χ3v) is 2.88. The van der Waals surface area contributed by atoms with E-state index in [2.05, 4.69) is 5.32 Å². The largest absolute Gasteiger partial charge is 0.399 e. The van der Waals surface area contributed by atoms with Crippen molar-refractivity contribution >= 4 is 35.0 Å². The first kappa shape index (κ1) is 14.1. The van der Waals surface area contributed by atoms with E-state index in [-0.39, 0.29) is 11.7 Å². The van der Waals surface area contributed by atoms with Crippen LogP contribution in [0.25, 0.3) is 6.08 Å². The van der Waals surface area contributed by atoms with Gasteiger partial charge in [0.15, 0.2) is 0 Å². The molecular weight excluding hydrogens is 279 g/mol. The second-order valence-corrected chi connectivity index (χ2v) is 4.52. The van der Waals surface area contributed by atoms with Gasteiger partial charge in [-0.15, -0.1) is 0 Å². The zero-order chi connectivity index (χ0) is 14.5. The summed E-state index contributed by atoms with van der Waals surface area (Å²) in [6.07, 6.45) is 2.92. The molecule has 2 aromatic carbocycles. The number of hydrogen-bond acceptors (Lipinski definition) is 2. The van der Waals surface area contributed by atoms with Gasteiger partial charge in [0.2, 0.25) is 5.91 Å². The van der Waals surface area contributed by atoms with Gasteiger partial charge < -0.3 is 11.1 Å². The Morgan fingerprint density at radius 1 is 1.20 bits per heavy atom. The molecule has 0 saturated carbocycles. The Balaban J connectivity index is 2.05. The van der Waals surface area contributed by atoms with Crippen molar-refractivity contribution in [2.75, 3.05) is 11.1 Å². The molecule has 0 fully saturated rings. The van der Waals surface area contributed by atoms with Crippen molar-refractivity contribution < 1.29 is 9.18 Å². The lowest BCUT2D eigenvalue weighted by molar-refractivity contribution is -0.111. The lowest BCUT2D eigenvalue weighted by Crippen LogP contribution is -2.08. The Bertz CT molecular complexity index is 653. The number of carbonyl (C=O) groups excluding carboxylic acids is 1. The number of nitrogens with one attached hydrogen (secondary N) is 1. The monoisotopic (exact) mass is 290 g/mol. The third-order valence-electron chi connectivity index (χ3n) is 2.55. The number of anilines is 2. The fourth-order valence-corrected chi connectivity index (χ4v) is 1.72. The van der Waals surface area contributed by atoms with E-state index in [1.54, 1.807) is 36.4 Å². The molecule has 2 rings (SSSR count). The first-order valence-electron chi connectivity index (χ1n) is 5.84. The standard InChI is InChI=1S/C15H12ClFN2O/c16-13-7-6-12(18)9-14(13)19-15(20)8-3-10-1-4-11(17)5-2-10/h1-9H,18H2,(H,19,20)/b8-3+. The van der Waals surface area contributed by atoms with Gasteiger partial charge in [-0.2, -0.15) is 0 Å². The zero-order valence-electron chi connectivity index (χ0n) is 10.4. The lowest BCUT2D eigenvalue weighted by atomic mass is 10.2. The maximum atomic E-state index is 12.7. The molecule has 0 aliphatic carbocycles. The fourth-order valence-electron chi connectivity index (χ4n) is 1.56. The highest BCUT2D eigenvalue weighted by Gasteiger charge is 2.03. The van der Waals surface area contributed by atoms with Gasteiger partial charge in [-0.05, 0) is 42.0 Å². The van der Waals surface area contributed by atoms with Crippen LogP contribution in [0.3, 0.4) is 0 Å². The smallest absolute Gasteiger partial charge is 0.248 e. The van der Waals surface area contributed by atoms with Gasteiger partial charge >= 0.3 is 0 Å². The van der Waals surface area contributed by atoms with Crippen LogP contribution in [-0.2, 0) is 4.79 Å². The van der Waals surface area contributed by atoms with E-state index >= 15 is 0 Å². The summed E-state index contributed by atoms with van der Waals surface area (Å²) in [7, 11) is 0. The average molecular weight is 291 g/mol. The molecule has 0 spiro atoms. The molecule has 0 aliphatic heterocycles. The van der Waals surface area contributed by atoms with E-state index in [9.17, 15) is 9.18 Å². The van der Waals surface area contributed by atoms with Crippen LogP contribution in [0.1, 0.15) is 5.56 Å². The molecule has 3 nitrogen and oxygen atoms in total. The van der Waals surface area contributed by atoms with Crippen molar-refractivity contribution in [1.29, 1.82) is 0 Å². The van der Waals surface area contributed by atoms with Crippen molar-refractivity contribution in [3.05, 3.63) is 64.9 Å². The molecule has 5 heteroatoms. The summed E-state index contributed by atoms with van der Waals surface area (Å²) in [5.41, 5.74) is 7.29. The van der Waals surface area contributed by atoms with Crippen LogP contribution < -0.4 is 11.1 Å². The van der Waals surface area contributed by atoms with Crippen LogP contribution in [0.4, 0.5) is 15.8 Å². The Kier molecular flexibility index (Phi) is 4.38. The van der Waals surface area contributed by atoms with Crippen LogP contribution >= 0.6 is 11.6 Å². The minimum atomic E-state index is -0.346. The van der Waals surface area contributed by atoms with Crippen LogP contribution in [-0.4, -0.2) is 5.91 Å². The molecule has 3 N–H and O–H groups in total. The molecule has 0 saturated heterocycles. The highest BCUT2D eigenvalue weighted by Crippen LogP contribution is 2.24. The van der Waals surface area contributed by atoms with Gasteiger partial charge in [0.25, 0.3) is 0 Å². The second kappa shape index (κ2) is 6.21. The van der Waals surface area contributed by atoms with Crippen LogP contribution in [0, 0.1) is 5.82 Å². The van der Waals surface area contributed by atoms with Crippen LogP contribution in [0.5, 0.6) is 0 Å². The molecule has 0 heterocycles. The molecule has 0 aromatic heterocycles. The third kappa shape index (κ3) is 3.83. The number of nitrogens with two attached hydrogens (primary N) is 1. The Labute approximate surface area is 120 Å². The molecule has 0 radical (unpaired) electrons. The summed E-state index contributed by atoms with van der Waals surface area (Å²) in [6, 6.07) is 10.6. The van der Waals surface area contributed by atoms with E-state index in [0.29, 0.717) is 16.4 Å². The van der Waals surface area contributed by atoms with E-state index < -0.39 is 0 Å². The minimum Gasteiger partial charge on any atom is -0.399 e.